The van der Waals surface area contributed by atoms with Crippen LogP contribution in [0.15, 0.2) is 16.5 Å². The van der Waals surface area contributed by atoms with E-state index in [1.54, 1.807) is 0 Å². The molecule has 2 N–H and O–H groups in total. The van der Waals surface area contributed by atoms with Crippen LogP contribution in [-0.4, -0.2) is 29.9 Å². The lowest BCUT2D eigenvalue weighted by Gasteiger charge is -2.42. The Bertz CT molecular complexity index is 627. The third-order valence-electron chi connectivity index (χ3n) is 6.22. The minimum Gasteiger partial charge on any atom is -0.465 e. The molecule has 134 valence electrons. The highest BCUT2D eigenvalue weighted by molar-refractivity contribution is 5.85. The van der Waals surface area contributed by atoms with Gasteiger partial charge in [0.2, 0.25) is 5.91 Å². The van der Waals surface area contributed by atoms with E-state index in [9.17, 15) is 4.79 Å². The lowest BCUT2D eigenvalue weighted by Crippen LogP contribution is -2.54. The molecule has 2 heterocycles. The molecule has 1 aliphatic heterocycles. The van der Waals surface area contributed by atoms with Crippen molar-refractivity contribution in [1.82, 2.24) is 4.90 Å². The molecule has 5 heteroatoms. The molecular weight excluding hydrogens is 324 g/mol. The van der Waals surface area contributed by atoms with Gasteiger partial charge in [-0.2, -0.15) is 0 Å². The summed E-state index contributed by atoms with van der Waals surface area (Å²) in [7, 11) is 0. The number of amides is 1. The summed E-state index contributed by atoms with van der Waals surface area (Å²) in [4.78, 5) is 14.8. The summed E-state index contributed by atoms with van der Waals surface area (Å²) in [5, 5.41) is 0. The van der Waals surface area contributed by atoms with Crippen LogP contribution < -0.4 is 5.73 Å². The summed E-state index contributed by atoms with van der Waals surface area (Å²) in [5.74, 6) is 4.22. The molecule has 3 aliphatic rings. The van der Waals surface area contributed by atoms with Gasteiger partial charge in [0.1, 0.15) is 11.5 Å². The zero-order chi connectivity index (χ0) is 16.4. The van der Waals surface area contributed by atoms with Crippen LogP contribution >= 0.6 is 12.4 Å². The first-order valence-corrected chi connectivity index (χ1v) is 9.01. The van der Waals surface area contributed by atoms with E-state index in [1.807, 2.05) is 4.90 Å². The van der Waals surface area contributed by atoms with Gasteiger partial charge in [-0.05, 0) is 42.7 Å². The van der Waals surface area contributed by atoms with Crippen LogP contribution in [0.2, 0.25) is 0 Å². The van der Waals surface area contributed by atoms with Crippen molar-refractivity contribution in [2.45, 2.75) is 57.9 Å². The molecule has 0 bridgehead atoms. The van der Waals surface area contributed by atoms with Crippen LogP contribution in [0.3, 0.4) is 0 Å². The number of hydrogen-bond acceptors (Lipinski definition) is 3. The zero-order valence-corrected chi connectivity index (χ0v) is 15.6. The van der Waals surface area contributed by atoms with E-state index in [-0.39, 0.29) is 29.8 Å². The minimum atomic E-state index is 0. The van der Waals surface area contributed by atoms with Crippen molar-refractivity contribution in [1.29, 1.82) is 0 Å². The van der Waals surface area contributed by atoms with E-state index >= 15 is 0 Å². The van der Waals surface area contributed by atoms with Gasteiger partial charge in [-0.15, -0.1) is 12.4 Å². The van der Waals surface area contributed by atoms with Crippen LogP contribution in [0.25, 0.3) is 0 Å². The number of nitrogens with zero attached hydrogens (tertiary/aromatic N) is 1. The average molecular weight is 353 g/mol. The van der Waals surface area contributed by atoms with Gasteiger partial charge in [0, 0.05) is 36.9 Å². The molecule has 4 nitrogen and oxygen atoms in total. The summed E-state index contributed by atoms with van der Waals surface area (Å²) < 4.78 is 6.04. The molecule has 5 unspecified atom stereocenters. The SMILES string of the molecule is CC1CC1c1ccc(C2CC2C(=O)N2CCC(N)C(C)(C)C2)o1.Cl. The summed E-state index contributed by atoms with van der Waals surface area (Å²) in [6.45, 7) is 8.17. The van der Waals surface area contributed by atoms with Crippen LogP contribution in [0, 0.1) is 17.3 Å². The van der Waals surface area contributed by atoms with Crippen molar-refractivity contribution >= 4 is 18.3 Å². The second-order valence-corrected chi connectivity index (χ2v) is 8.65. The fraction of sp³-hybridized carbons (Fsp3) is 0.737. The molecule has 1 amide bonds. The maximum Gasteiger partial charge on any atom is 0.226 e. The topological polar surface area (TPSA) is 59.5 Å². The molecule has 0 spiro atoms. The average Bonchev–Trinajstić information content (AvgIpc) is 3.40. The highest BCUT2D eigenvalue weighted by Gasteiger charge is 2.49. The first kappa shape index (κ1) is 17.8. The Balaban J connectivity index is 0.00000169. The molecule has 24 heavy (non-hydrogen) atoms. The van der Waals surface area contributed by atoms with Crippen molar-refractivity contribution < 1.29 is 9.21 Å². The molecule has 1 saturated heterocycles. The number of piperidine rings is 1. The lowest BCUT2D eigenvalue weighted by atomic mass is 9.79. The van der Waals surface area contributed by atoms with Crippen LogP contribution in [-0.2, 0) is 4.79 Å². The van der Waals surface area contributed by atoms with Gasteiger partial charge < -0.3 is 15.1 Å². The summed E-state index contributed by atoms with van der Waals surface area (Å²) in [5.41, 5.74) is 6.19. The highest BCUT2D eigenvalue weighted by Crippen LogP contribution is 2.52. The van der Waals surface area contributed by atoms with Crippen LogP contribution in [0.1, 0.15) is 63.4 Å². The summed E-state index contributed by atoms with van der Waals surface area (Å²) >= 11 is 0. The second-order valence-electron chi connectivity index (χ2n) is 8.65. The van der Waals surface area contributed by atoms with Crippen molar-refractivity contribution in [3.63, 3.8) is 0 Å². The minimum absolute atomic E-state index is 0. The van der Waals surface area contributed by atoms with E-state index in [2.05, 4.69) is 32.9 Å². The number of nitrogens with two attached hydrogens (primary N) is 1. The monoisotopic (exact) mass is 352 g/mol. The molecule has 1 aromatic rings. The molecule has 3 fully saturated rings. The largest absolute Gasteiger partial charge is 0.465 e. The highest BCUT2D eigenvalue weighted by atomic mass is 35.5. The van der Waals surface area contributed by atoms with Gasteiger partial charge in [-0.1, -0.05) is 20.8 Å². The van der Waals surface area contributed by atoms with E-state index in [0.29, 0.717) is 17.7 Å². The first-order valence-electron chi connectivity index (χ1n) is 9.01. The third kappa shape index (κ3) is 3.11. The number of hydrogen-bond donors (Lipinski definition) is 1. The number of furan rings is 1. The molecule has 1 aromatic heterocycles. The van der Waals surface area contributed by atoms with Crippen molar-refractivity contribution in [2.24, 2.45) is 23.0 Å². The van der Waals surface area contributed by atoms with Crippen molar-refractivity contribution in [2.75, 3.05) is 13.1 Å². The smallest absolute Gasteiger partial charge is 0.226 e. The Morgan fingerprint density at radius 2 is 1.88 bits per heavy atom. The molecular formula is C19H29ClN2O2. The molecule has 0 radical (unpaired) electrons. The number of likely N-dealkylation sites (tertiary alicyclic amines) is 1. The maximum absolute atomic E-state index is 12.8. The maximum atomic E-state index is 12.8. The Hall–Kier alpha value is -1.00. The molecule has 2 aliphatic carbocycles. The second kappa shape index (κ2) is 6.06. The van der Waals surface area contributed by atoms with Gasteiger partial charge in [0.15, 0.2) is 0 Å². The van der Waals surface area contributed by atoms with Gasteiger partial charge in [0.25, 0.3) is 0 Å². The predicted octanol–water partition coefficient (Wildman–Crippen LogP) is 3.51. The lowest BCUT2D eigenvalue weighted by molar-refractivity contribution is -0.136. The number of halogens is 1. The third-order valence-corrected chi connectivity index (χ3v) is 6.22. The molecule has 0 aromatic carbocycles. The first-order chi connectivity index (χ1) is 10.9. The Labute approximate surface area is 150 Å². The summed E-state index contributed by atoms with van der Waals surface area (Å²) in [6, 6.07) is 4.40. The number of carbonyl (C=O) groups excluding carboxylic acids is 1. The van der Waals surface area contributed by atoms with Crippen molar-refractivity contribution in [3.05, 3.63) is 23.7 Å². The fourth-order valence-corrected chi connectivity index (χ4v) is 4.06. The Kier molecular flexibility index (Phi) is 4.50. The van der Waals surface area contributed by atoms with Gasteiger partial charge in [-0.25, -0.2) is 0 Å². The fourth-order valence-electron chi connectivity index (χ4n) is 4.06. The normalized spacial score (nSPS) is 36.8. The number of carbonyl (C=O) groups is 1. The van der Waals surface area contributed by atoms with Gasteiger partial charge >= 0.3 is 0 Å². The van der Waals surface area contributed by atoms with Crippen molar-refractivity contribution in [3.8, 4) is 0 Å². The van der Waals surface area contributed by atoms with E-state index in [1.165, 1.54) is 6.42 Å². The van der Waals surface area contributed by atoms with E-state index < -0.39 is 0 Å². The van der Waals surface area contributed by atoms with Gasteiger partial charge in [0.05, 0.1) is 0 Å². The summed E-state index contributed by atoms with van der Waals surface area (Å²) in [6.07, 6.45) is 3.08. The molecule has 5 atom stereocenters. The van der Waals surface area contributed by atoms with E-state index in [0.717, 1.165) is 43.4 Å². The molecule has 4 rings (SSSR count). The van der Waals surface area contributed by atoms with Gasteiger partial charge in [-0.3, -0.25) is 4.79 Å². The van der Waals surface area contributed by atoms with Crippen LogP contribution in [0.4, 0.5) is 0 Å². The predicted molar refractivity (Wildman–Crippen MR) is 96.3 cm³/mol. The Morgan fingerprint density at radius 1 is 1.25 bits per heavy atom. The van der Waals surface area contributed by atoms with E-state index in [4.69, 9.17) is 10.2 Å². The quantitative estimate of drug-likeness (QED) is 0.905. The zero-order valence-electron chi connectivity index (χ0n) is 14.8. The number of rotatable bonds is 3. The van der Waals surface area contributed by atoms with Crippen LogP contribution in [0.5, 0.6) is 0 Å². The standard InChI is InChI=1S/C19H28N2O2.ClH/c1-11-8-12(11)15-4-5-16(23-15)13-9-14(13)18(22)21-7-6-17(20)19(2,3)10-21;/h4-5,11-14,17H,6-10,20H2,1-3H3;1H. The molecule has 2 saturated carbocycles. The Morgan fingerprint density at radius 3 is 2.46 bits per heavy atom.